The minimum absolute atomic E-state index is 0.0397. The van der Waals surface area contributed by atoms with Crippen LogP contribution in [0.1, 0.15) is 0 Å². The van der Waals surface area contributed by atoms with Crippen LogP contribution in [0.15, 0.2) is 121 Å². The first kappa shape index (κ1) is 28.5. The summed E-state index contributed by atoms with van der Waals surface area (Å²) in [5.74, 6) is -5.85. The second-order valence-electron chi connectivity index (χ2n) is 8.15. The van der Waals surface area contributed by atoms with Crippen molar-refractivity contribution >= 4 is 34.9 Å². The molecule has 2 nitrogen and oxygen atoms in total. The van der Waals surface area contributed by atoms with Crippen LogP contribution in [0, 0.1) is 22.5 Å². The molecular formula is C28H20BF6N2P. The normalized spacial score (nSPS) is 11.9. The molecule has 0 aliphatic carbocycles. The van der Waals surface area contributed by atoms with Gasteiger partial charge in [-0.1, -0.05) is 84.7 Å². The molecule has 4 aromatic carbocycles. The number of nitrogens with zero attached hydrogens (tertiary/aromatic N) is 2. The maximum atomic E-state index is 12.4. The predicted molar refractivity (Wildman–Crippen MR) is 140 cm³/mol. The fraction of sp³-hybridized carbons (Fsp3) is 0.0714. The Morgan fingerprint density at radius 3 is 0.895 bits per heavy atom. The Morgan fingerprint density at radius 1 is 0.500 bits per heavy atom. The molecule has 0 saturated heterocycles. The van der Waals surface area contributed by atoms with Gasteiger partial charge < -0.3 is 4.32 Å². The Bertz CT molecular complexity index is 1230. The van der Waals surface area contributed by atoms with Crippen LogP contribution in [0.3, 0.4) is 0 Å². The summed E-state index contributed by atoms with van der Waals surface area (Å²) in [4.78, 5) is 0. The van der Waals surface area contributed by atoms with Crippen molar-refractivity contribution in [2.45, 2.75) is 12.0 Å². The Morgan fingerprint density at radius 2 is 0.737 bits per heavy atom. The van der Waals surface area contributed by atoms with Gasteiger partial charge in [0.05, 0.1) is 0 Å². The van der Waals surface area contributed by atoms with Crippen LogP contribution < -0.4 is 21.2 Å². The minimum Gasteiger partial charge on any atom is -0.476 e. The lowest BCUT2D eigenvalue weighted by atomic mass is 9.41. The first-order chi connectivity index (χ1) is 18.0. The summed E-state index contributed by atoms with van der Waals surface area (Å²) in [7, 11) is -1.91. The van der Waals surface area contributed by atoms with Gasteiger partial charge in [0, 0.05) is 0 Å². The van der Waals surface area contributed by atoms with E-state index in [-0.39, 0.29) is 11.9 Å². The molecule has 0 spiro atoms. The lowest BCUT2D eigenvalue weighted by Gasteiger charge is -2.30. The molecule has 0 N–H and O–H groups in total. The fourth-order valence-corrected chi connectivity index (χ4v) is 8.18. The summed E-state index contributed by atoms with van der Waals surface area (Å²) in [5, 5.41) is 20.9. The van der Waals surface area contributed by atoms with Gasteiger partial charge in [-0.25, -0.2) is 19.3 Å². The quantitative estimate of drug-likeness (QED) is 0.175. The van der Waals surface area contributed by atoms with E-state index in [2.05, 4.69) is 121 Å². The third-order valence-corrected chi connectivity index (χ3v) is 10.1. The summed E-state index contributed by atoms with van der Waals surface area (Å²) in [6.07, 6.45) is -11.8. The van der Waals surface area contributed by atoms with E-state index in [4.69, 9.17) is 10.5 Å². The molecule has 0 radical (unpaired) electrons. The van der Waals surface area contributed by atoms with Crippen LogP contribution in [0.4, 0.5) is 26.3 Å². The molecule has 0 aliphatic heterocycles. The highest BCUT2D eigenvalue weighted by molar-refractivity contribution is 8.01. The predicted octanol–water partition coefficient (Wildman–Crippen LogP) is 6.07. The van der Waals surface area contributed by atoms with E-state index < -0.39 is 25.7 Å². The molecule has 4 rings (SSSR count). The Hall–Kier alpha value is -4.07. The molecule has 10 heteroatoms. The minimum atomic E-state index is -6.24. The summed E-state index contributed by atoms with van der Waals surface area (Å²) in [5.41, 5.74) is 0. The average Bonchev–Trinajstić information content (AvgIpc) is 2.95. The maximum Gasteiger partial charge on any atom is 0.422 e. The largest absolute Gasteiger partial charge is 0.476 e. The van der Waals surface area contributed by atoms with Crippen molar-refractivity contribution in [2.24, 2.45) is 0 Å². The highest BCUT2D eigenvalue weighted by Gasteiger charge is 2.67. The molecule has 0 aromatic heterocycles. The monoisotopic (exact) mass is 540 g/mol. The smallest absolute Gasteiger partial charge is 0.422 e. The Labute approximate surface area is 217 Å². The molecular weight excluding hydrogens is 520 g/mol. The van der Waals surface area contributed by atoms with E-state index in [9.17, 15) is 26.3 Å². The van der Waals surface area contributed by atoms with Gasteiger partial charge in [0.2, 0.25) is 0 Å². The van der Waals surface area contributed by atoms with Crippen LogP contribution >= 0.6 is 7.26 Å². The van der Waals surface area contributed by atoms with Gasteiger partial charge in [0.25, 0.3) is 5.82 Å². The summed E-state index contributed by atoms with van der Waals surface area (Å²) < 4.78 is 70.8. The van der Waals surface area contributed by atoms with Gasteiger partial charge in [0.15, 0.2) is 0 Å². The van der Waals surface area contributed by atoms with Crippen LogP contribution in [-0.2, 0) is 0 Å². The standard InChI is InChI=1S/C24H20P.C4BF6N2/c1-5-13-21(14-6-1)25(22-15-7-2-8-16-22,23-17-9-3-10-18-23)24-19-11-4-12-20-24;6-3(7,4(8,9)10)5(11,1-12)2-13/h1-20H;/q+1;-1. The summed E-state index contributed by atoms with van der Waals surface area (Å²) >= 11 is 0. The Kier molecular flexibility index (Phi) is 8.66. The number of hydrogen-bond acceptors (Lipinski definition) is 2. The first-order valence-corrected chi connectivity index (χ1v) is 13.1. The molecule has 0 heterocycles. The van der Waals surface area contributed by atoms with E-state index in [1.54, 1.807) is 0 Å². The Balaban J connectivity index is 0.000000263. The second kappa shape index (κ2) is 11.5. The van der Waals surface area contributed by atoms with Crippen molar-refractivity contribution in [3.63, 3.8) is 0 Å². The number of hydrogen-bond donors (Lipinski definition) is 0. The average molecular weight is 540 g/mol. The lowest BCUT2D eigenvalue weighted by molar-refractivity contribution is -0.248. The topological polar surface area (TPSA) is 47.6 Å². The van der Waals surface area contributed by atoms with E-state index in [1.807, 2.05) is 0 Å². The molecule has 0 unspecified atom stereocenters. The molecule has 0 aliphatic rings. The van der Waals surface area contributed by atoms with E-state index in [0.717, 1.165) is 0 Å². The molecule has 38 heavy (non-hydrogen) atoms. The lowest BCUT2D eigenvalue weighted by Crippen LogP contribution is -2.57. The second-order valence-corrected chi connectivity index (χ2v) is 11.6. The molecule has 0 fully saturated rings. The summed E-state index contributed by atoms with van der Waals surface area (Å²) in [6, 6.07) is 43.8. The van der Waals surface area contributed by atoms with Crippen LogP contribution in [0.2, 0.25) is 0 Å². The van der Waals surface area contributed by atoms with E-state index >= 15 is 0 Å². The van der Waals surface area contributed by atoms with Crippen molar-refractivity contribution in [3.8, 4) is 11.9 Å². The van der Waals surface area contributed by atoms with Crippen molar-refractivity contribution < 1.29 is 26.3 Å². The van der Waals surface area contributed by atoms with Crippen LogP contribution in [0.25, 0.3) is 0 Å². The van der Waals surface area contributed by atoms with Crippen LogP contribution in [-0.4, -0.2) is 18.4 Å². The third-order valence-electron chi connectivity index (χ3n) is 5.81. The number of nitriles is 2. The molecule has 0 saturated carbocycles. The SMILES string of the molecule is N#C[B-](F)(C#N)C(F)(F)C(F)(F)F.c1ccc([P+](c2ccccc2)(c2ccccc2)c2ccccc2)cc1. The zero-order chi connectivity index (χ0) is 27.9. The molecule has 0 amide bonds. The number of alkyl halides is 5. The van der Waals surface area contributed by atoms with Gasteiger partial charge in [-0.05, 0) is 48.5 Å². The molecule has 4 aromatic rings. The zero-order valence-corrected chi connectivity index (χ0v) is 20.6. The van der Waals surface area contributed by atoms with Gasteiger partial charge in [-0.15, -0.1) is 0 Å². The first-order valence-electron chi connectivity index (χ1n) is 11.3. The zero-order valence-electron chi connectivity index (χ0n) is 19.7. The van der Waals surface area contributed by atoms with Gasteiger partial charge in [-0.3, -0.25) is 0 Å². The highest BCUT2D eigenvalue weighted by atomic mass is 31.2. The van der Waals surface area contributed by atoms with E-state index in [1.165, 1.54) is 21.2 Å². The van der Waals surface area contributed by atoms with Gasteiger partial charge in [0.1, 0.15) is 28.5 Å². The molecule has 0 atom stereocenters. The van der Waals surface area contributed by atoms with Crippen molar-refractivity contribution in [1.29, 1.82) is 10.5 Å². The maximum absolute atomic E-state index is 12.4. The number of halogens is 6. The highest BCUT2D eigenvalue weighted by Crippen LogP contribution is 2.54. The van der Waals surface area contributed by atoms with Crippen LogP contribution in [0.5, 0.6) is 0 Å². The van der Waals surface area contributed by atoms with Crippen molar-refractivity contribution in [2.75, 3.05) is 0 Å². The van der Waals surface area contributed by atoms with Gasteiger partial charge >= 0.3 is 12.6 Å². The molecule has 192 valence electrons. The number of benzene rings is 4. The van der Waals surface area contributed by atoms with Crippen molar-refractivity contribution in [3.05, 3.63) is 121 Å². The third kappa shape index (κ3) is 5.30. The fourth-order valence-electron chi connectivity index (χ4n) is 3.92. The number of rotatable bonds is 5. The summed E-state index contributed by atoms with van der Waals surface area (Å²) in [6.45, 7) is 0. The van der Waals surface area contributed by atoms with E-state index in [0.29, 0.717) is 0 Å². The van der Waals surface area contributed by atoms with Crippen molar-refractivity contribution in [1.82, 2.24) is 0 Å². The van der Waals surface area contributed by atoms with Gasteiger partial charge in [-0.2, -0.15) is 13.2 Å². The molecule has 0 bridgehead atoms.